The maximum Gasteiger partial charge on any atom is -0.00430 e. The number of fused-ring (bicyclic) bond motifs is 1. The predicted octanol–water partition coefficient (Wildman–Crippen LogP) is 1.94. The first-order valence-electron chi connectivity index (χ1n) is 4.74. The van der Waals surface area contributed by atoms with Gasteiger partial charge in [-0.1, -0.05) is 18.6 Å². The Bertz CT molecular complexity index is 183. The molecule has 62 valence electrons. The molecule has 2 N–H and O–H groups in total. The Morgan fingerprint density at radius 2 is 2.45 bits per heavy atom. The van der Waals surface area contributed by atoms with Crippen molar-refractivity contribution in [1.29, 1.82) is 0 Å². The Morgan fingerprint density at radius 1 is 1.64 bits per heavy atom. The standard InChI is InChI=1S/C10H17N/c1-2-7-3-8-5-9(6-11)10(8)4-7/h4,8-10H,2-3,5-6,11H2,1H3/t8-,9?,10+/m1/s1. The molecular formula is C10H17N. The lowest BCUT2D eigenvalue weighted by molar-refractivity contribution is 0.137. The van der Waals surface area contributed by atoms with Crippen molar-refractivity contribution >= 4 is 0 Å². The van der Waals surface area contributed by atoms with Crippen LogP contribution in [0.15, 0.2) is 11.6 Å². The van der Waals surface area contributed by atoms with Gasteiger partial charge in [-0.15, -0.1) is 0 Å². The molecule has 0 amide bonds. The summed E-state index contributed by atoms with van der Waals surface area (Å²) in [6, 6.07) is 0. The van der Waals surface area contributed by atoms with Gasteiger partial charge in [-0.05, 0) is 43.6 Å². The molecule has 0 aromatic rings. The fourth-order valence-electron chi connectivity index (χ4n) is 2.58. The van der Waals surface area contributed by atoms with Crippen molar-refractivity contribution in [3.05, 3.63) is 11.6 Å². The van der Waals surface area contributed by atoms with E-state index in [1.54, 1.807) is 5.57 Å². The number of hydrogen-bond acceptors (Lipinski definition) is 1. The van der Waals surface area contributed by atoms with Crippen LogP contribution >= 0.6 is 0 Å². The molecule has 1 saturated carbocycles. The third kappa shape index (κ3) is 1.02. The van der Waals surface area contributed by atoms with Crippen LogP contribution in [0.4, 0.5) is 0 Å². The van der Waals surface area contributed by atoms with Gasteiger partial charge in [0.15, 0.2) is 0 Å². The highest BCUT2D eigenvalue weighted by molar-refractivity contribution is 5.19. The highest BCUT2D eigenvalue weighted by Crippen LogP contribution is 2.49. The molecule has 0 aromatic heterocycles. The van der Waals surface area contributed by atoms with Gasteiger partial charge in [-0.2, -0.15) is 0 Å². The first-order valence-corrected chi connectivity index (χ1v) is 4.74. The molecule has 0 spiro atoms. The third-order valence-corrected chi connectivity index (χ3v) is 3.40. The summed E-state index contributed by atoms with van der Waals surface area (Å²) in [4.78, 5) is 0. The van der Waals surface area contributed by atoms with Crippen molar-refractivity contribution < 1.29 is 0 Å². The van der Waals surface area contributed by atoms with Crippen LogP contribution in [0.2, 0.25) is 0 Å². The number of allylic oxidation sites excluding steroid dienone is 2. The lowest BCUT2D eigenvalue weighted by atomic mass is 9.66. The maximum absolute atomic E-state index is 5.65. The zero-order chi connectivity index (χ0) is 7.84. The second-order valence-corrected chi connectivity index (χ2v) is 3.95. The molecule has 1 nitrogen and oxygen atoms in total. The third-order valence-electron chi connectivity index (χ3n) is 3.40. The fourth-order valence-corrected chi connectivity index (χ4v) is 2.58. The molecule has 11 heavy (non-hydrogen) atoms. The summed E-state index contributed by atoms with van der Waals surface area (Å²) < 4.78 is 0. The predicted molar refractivity (Wildman–Crippen MR) is 47.1 cm³/mol. The van der Waals surface area contributed by atoms with Gasteiger partial charge in [0.05, 0.1) is 0 Å². The molecule has 1 unspecified atom stereocenters. The summed E-state index contributed by atoms with van der Waals surface area (Å²) >= 11 is 0. The highest BCUT2D eigenvalue weighted by Gasteiger charge is 2.41. The van der Waals surface area contributed by atoms with Gasteiger partial charge in [0, 0.05) is 0 Å². The zero-order valence-electron chi connectivity index (χ0n) is 7.22. The van der Waals surface area contributed by atoms with Crippen LogP contribution in [0.3, 0.4) is 0 Å². The minimum atomic E-state index is 0.823. The van der Waals surface area contributed by atoms with E-state index in [2.05, 4.69) is 13.0 Å². The molecule has 3 atom stereocenters. The second kappa shape index (κ2) is 2.63. The van der Waals surface area contributed by atoms with E-state index in [0.717, 1.165) is 24.3 Å². The maximum atomic E-state index is 5.65. The summed E-state index contributed by atoms with van der Waals surface area (Å²) in [6.45, 7) is 3.16. The van der Waals surface area contributed by atoms with Crippen molar-refractivity contribution in [2.45, 2.75) is 26.2 Å². The largest absolute Gasteiger partial charge is 0.330 e. The molecule has 1 heteroatoms. The number of hydrogen-bond donors (Lipinski definition) is 1. The van der Waals surface area contributed by atoms with Gasteiger partial charge in [0.25, 0.3) is 0 Å². The van der Waals surface area contributed by atoms with E-state index in [4.69, 9.17) is 5.73 Å². The van der Waals surface area contributed by atoms with Crippen molar-refractivity contribution in [3.63, 3.8) is 0 Å². The SMILES string of the molecule is CCC1=C[C@@H]2C(CN)C[C@H]2C1. The zero-order valence-corrected chi connectivity index (χ0v) is 7.22. The summed E-state index contributed by atoms with van der Waals surface area (Å²) in [5, 5.41) is 0. The van der Waals surface area contributed by atoms with E-state index in [1.807, 2.05) is 0 Å². The highest BCUT2D eigenvalue weighted by atomic mass is 14.6. The molecule has 0 radical (unpaired) electrons. The Balaban J connectivity index is 2.00. The Kier molecular flexibility index (Phi) is 1.76. The molecule has 2 rings (SSSR count). The van der Waals surface area contributed by atoms with E-state index in [1.165, 1.54) is 19.3 Å². The quantitative estimate of drug-likeness (QED) is 0.600. The van der Waals surface area contributed by atoms with E-state index in [-0.39, 0.29) is 0 Å². The Hall–Kier alpha value is -0.300. The van der Waals surface area contributed by atoms with Gasteiger partial charge >= 0.3 is 0 Å². The normalized spacial score (nSPS) is 41.3. The first-order chi connectivity index (χ1) is 5.35. The minimum Gasteiger partial charge on any atom is -0.330 e. The summed E-state index contributed by atoms with van der Waals surface area (Å²) in [6.07, 6.45) is 6.51. The molecule has 0 heterocycles. The van der Waals surface area contributed by atoms with Crippen LogP contribution in [0.25, 0.3) is 0 Å². The van der Waals surface area contributed by atoms with E-state index in [9.17, 15) is 0 Å². The number of rotatable bonds is 2. The molecule has 2 aliphatic carbocycles. The minimum absolute atomic E-state index is 0.823. The van der Waals surface area contributed by atoms with Crippen LogP contribution in [0.1, 0.15) is 26.2 Å². The van der Waals surface area contributed by atoms with Crippen molar-refractivity contribution in [2.24, 2.45) is 23.5 Å². The van der Waals surface area contributed by atoms with E-state index in [0.29, 0.717) is 0 Å². The van der Waals surface area contributed by atoms with Crippen molar-refractivity contribution in [2.75, 3.05) is 6.54 Å². The number of nitrogens with two attached hydrogens (primary N) is 1. The topological polar surface area (TPSA) is 26.0 Å². The molecule has 0 bridgehead atoms. The van der Waals surface area contributed by atoms with Gasteiger partial charge < -0.3 is 5.73 Å². The molecule has 1 fully saturated rings. The molecular weight excluding hydrogens is 134 g/mol. The van der Waals surface area contributed by atoms with Crippen LogP contribution in [0, 0.1) is 17.8 Å². The van der Waals surface area contributed by atoms with Gasteiger partial charge in [-0.3, -0.25) is 0 Å². The summed E-state index contributed by atoms with van der Waals surface area (Å²) in [5.41, 5.74) is 7.32. The summed E-state index contributed by atoms with van der Waals surface area (Å²) in [5.74, 6) is 2.68. The van der Waals surface area contributed by atoms with Gasteiger partial charge in [-0.25, -0.2) is 0 Å². The molecule has 0 aliphatic heterocycles. The first kappa shape index (κ1) is 7.35. The van der Waals surface area contributed by atoms with Gasteiger partial charge in [0.2, 0.25) is 0 Å². The van der Waals surface area contributed by atoms with Crippen LogP contribution in [-0.4, -0.2) is 6.54 Å². The molecule has 0 saturated heterocycles. The lowest BCUT2D eigenvalue weighted by Gasteiger charge is -2.39. The van der Waals surface area contributed by atoms with Crippen LogP contribution in [-0.2, 0) is 0 Å². The smallest absolute Gasteiger partial charge is 0.00430 e. The van der Waals surface area contributed by atoms with Crippen molar-refractivity contribution in [1.82, 2.24) is 0 Å². The second-order valence-electron chi connectivity index (χ2n) is 3.95. The summed E-state index contributed by atoms with van der Waals surface area (Å²) in [7, 11) is 0. The average molecular weight is 151 g/mol. The Labute approximate surface area is 68.7 Å². The van der Waals surface area contributed by atoms with E-state index >= 15 is 0 Å². The van der Waals surface area contributed by atoms with Crippen LogP contribution in [0.5, 0.6) is 0 Å². The molecule has 2 aliphatic rings. The van der Waals surface area contributed by atoms with Gasteiger partial charge in [0.1, 0.15) is 0 Å². The fraction of sp³-hybridized carbons (Fsp3) is 0.800. The van der Waals surface area contributed by atoms with Crippen LogP contribution < -0.4 is 5.73 Å². The monoisotopic (exact) mass is 151 g/mol. The van der Waals surface area contributed by atoms with Crippen molar-refractivity contribution in [3.8, 4) is 0 Å². The molecule has 0 aromatic carbocycles. The lowest BCUT2D eigenvalue weighted by Crippen LogP contribution is -2.37. The van der Waals surface area contributed by atoms with E-state index < -0.39 is 0 Å². The Morgan fingerprint density at radius 3 is 3.09 bits per heavy atom. The average Bonchev–Trinajstić information content (AvgIpc) is 2.31.